The minimum Gasteiger partial charge on any atom is -0.229 e. The maximum absolute atomic E-state index is 12.2. The average molecular weight is 257 g/mol. The van der Waals surface area contributed by atoms with Gasteiger partial charge in [0, 0.05) is 0 Å². The molecule has 0 amide bonds. The summed E-state index contributed by atoms with van der Waals surface area (Å²) in [6, 6.07) is 2.19. The highest BCUT2D eigenvalue weighted by molar-refractivity contribution is 7.92. The number of unbranched alkanes of at least 4 members (excludes halogenated alkanes) is 2. The molecule has 0 aromatic rings. The zero-order valence-corrected chi connectivity index (χ0v) is 11.7. The van der Waals surface area contributed by atoms with Crippen LogP contribution in [0, 0.1) is 23.2 Å². The fraction of sp³-hybridized carbons (Fsp3) is 0.923. The monoisotopic (exact) mass is 257 g/mol. The van der Waals surface area contributed by atoms with Gasteiger partial charge < -0.3 is 0 Å². The van der Waals surface area contributed by atoms with Crippen LogP contribution in [-0.4, -0.2) is 19.4 Å². The fourth-order valence-electron chi connectivity index (χ4n) is 2.58. The van der Waals surface area contributed by atoms with Gasteiger partial charge in [0.1, 0.15) is 0 Å². The zero-order chi connectivity index (χ0) is 12.9. The Bertz CT molecular complexity index is 369. The first-order valence-electron chi connectivity index (χ1n) is 6.62. The molecule has 0 aliphatic heterocycles. The Hall–Kier alpha value is -0.560. The van der Waals surface area contributed by atoms with Crippen LogP contribution in [-0.2, 0) is 9.84 Å². The number of nitriles is 1. The van der Waals surface area contributed by atoms with E-state index < -0.39 is 15.1 Å². The first-order chi connectivity index (χ1) is 8.01. The van der Waals surface area contributed by atoms with Crippen molar-refractivity contribution in [1.29, 1.82) is 5.26 Å². The number of rotatable bonds is 5. The van der Waals surface area contributed by atoms with Gasteiger partial charge in [-0.05, 0) is 31.6 Å². The van der Waals surface area contributed by atoms with E-state index in [9.17, 15) is 8.42 Å². The van der Waals surface area contributed by atoms with E-state index in [1.807, 2.05) is 0 Å². The first kappa shape index (κ1) is 14.5. The van der Waals surface area contributed by atoms with E-state index in [-0.39, 0.29) is 11.7 Å². The van der Waals surface area contributed by atoms with Crippen molar-refractivity contribution < 1.29 is 8.42 Å². The van der Waals surface area contributed by atoms with Crippen molar-refractivity contribution in [2.45, 2.75) is 57.6 Å². The topological polar surface area (TPSA) is 57.9 Å². The van der Waals surface area contributed by atoms with Crippen molar-refractivity contribution in [1.82, 2.24) is 0 Å². The van der Waals surface area contributed by atoms with Crippen LogP contribution in [0.1, 0.15) is 52.4 Å². The molecule has 3 unspecified atom stereocenters. The molecule has 4 heteroatoms. The van der Waals surface area contributed by atoms with Crippen LogP contribution < -0.4 is 0 Å². The molecule has 0 radical (unpaired) electrons. The van der Waals surface area contributed by atoms with Crippen LogP contribution in [0.2, 0.25) is 0 Å². The van der Waals surface area contributed by atoms with E-state index in [2.05, 4.69) is 19.9 Å². The van der Waals surface area contributed by atoms with Gasteiger partial charge in [-0.25, -0.2) is 8.42 Å². The lowest BCUT2D eigenvalue weighted by atomic mass is 9.83. The molecule has 3 atom stereocenters. The van der Waals surface area contributed by atoms with Crippen LogP contribution in [0.25, 0.3) is 0 Å². The van der Waals surface area contributed by atoms with Crippen molar-refractivity contribution >= 4 is 9.84 Å². The van der Waals surface area contributed by atoms with Gasteiger partial charge in [-0.15, -0.1) is 0 Å². The standard InChI is InChI=1S/C13H23NO2S/c1-3-4-5-8-17(15,16)13-9-11(2)6-7-12(13)10-14/h11-13H,3-9H2,1-2H3. The lowest BCUT2D eigenvalue weighted by Crippen LogP contribution is -2.36. The van der Waals surface area contributed by atoms with Crippen molar-refractivity contribution in [3.8, 4) is 6.07 Å². The first-order valence-corrected chi connectivity index (χ1v) is 8.34. The molecule has 1 aliphatic carbocycles. The van der Waals surface area contributed by atoms with E-state index in [4.69, 9.17) is 5.26 Å². The summed E-state index contributed by atoms with van der Waals surface area (Å²) in [4.78, 5) is 0. The van der Waals surface area contributed by atoms with Gasteiger partial charge in [0.2, 0.25) is 0 Å². The number of hydrogen-bond donors (Lipinski definition) is 0. The molecule has 0 spiro atoms. The Morgan fingerprint density at radius 3 is 2.59 bits per heavy atom. The summed E-state index contributed by atoms with van der Waals surface area (Å²) >= 11 is 0. The third-order valence-electron chi connectivity index (χ3n) is 3.71. The zero-order valence-electron chi connectivity index (χ0n) is 10.9. The number of nitrogens with zero attached hydrogens (tertiary/aromatic N) is 1. The molecule has 17 heavy (non-hydrogen) atoms. The van der Waals surface area contributed by atoms with Crippen molar-refractivity contribution in [3.63, 3.8) is 0 Å². The normalized spacial score (nSPS) is 29.8. The molecule has 1 aliphatic rings. The van der Waals surface area contributed by atoms with Crippen molar-refractivity contribution in [3.05, 3.63) is 0 Å². The van der Waals surface area contributed by atoms with Crippen LogP contribution in [0.3, 0.4) is 0 Å². The molecular formula is C13H23NO2S. The smallest absolute Gasteiger partial charge is 0.154 e. The van der Waals surface area contributed by atoms with Crippen molar-refractivity contribution in [2.24, 2.45) is 11.8 Å². The van der Waals surface area contributed by atoms with Gasteiger partial charge >= 0.3 is 0 Å². The Morgan fingerprint density at radius 1 is 1.29 bits per heavy atom. The maximum atomic E-state index is 12.2. The third kappa shape index (κ3) is 3.99. The second-order valence-electron chi connectivity index (χ2n) is 5.27. The second kappa shape index (κ2) is 6.39. The summed E-state index contributed by atoms with van der Waals surface area (Å²) in [5.74, 6) is 0.416. The van der Waals surface area contributed by atoms with Crippen LogP contribution in [0.15, 0.2) is 0 Å². The lowest BCUT2D eigenvalue weighted by molar-refractivity contribution is 0.334. The van der Waals surface area contributed by atoms with E-state index in [0.29, 0.717) is 12.3 Å². The Labute approximate surface area is 105 Å². The molecule has 0 aromatic carbocycles. The predicted molar refractivity (Wildman–Crippen MR) is 69.2 cm³/mol. The lowest BCUT2D eigenvalue weighted by Gasteiger charge is -2.30. The quantitative estimate of drug-likeness (QED) is 0.711. The molecule has 1 fully saturated rings. The summed E-state index contributed by atoms with van der Waals surface area (Å²) < 4.78 is 24.4. The Morgan fingerprint density at radius 2 is 2.00 bits per heavy atom. The molecule has 3 nitrogen and oxygen atoms in total. The SMILES string of the molecule is CCCCCS(=O)(=O)C1CC(C)CCC1C#N. The predicted octanol–water partition coefficient (Wildman–Crippen LogP) is 2.92. The van der Waals surface area contributed by atoms with Crippen molar-refractivity contribution in [2.75, 3.05) is 5.75 Å². The van der Waals surface area contributed by atoms with Crippen LogP contribution >= 0.6 is 0 Å². The highest BCUT2D eigenvalue weighted by atomic mass is 32.2. The summed E-state index contributed by atoms with van der Waals surface area (Å²) in [7, 11) is -3.07. The number of sulfone groups is 1. The Balaban J connectivity index is 2.69. The molecule has 0 heterocycles. The van der Waals surface area contributed by atoms with E-state index in [1.165, 1.54) is 0 Å². The highest BCUT2D eigenvalue weighted by Crippen LogP contribution is 2.33. The van der Waals surface area contributed by atoms with Gasteiger partial charge in [0.15, 0.2) is 9.84 Å². The Kier molecular flexibility index (Phi) is 5.45. The third-order valence-corrected chi connectivity index (χ3v) is 6.01. The van der Waals surface area contributed by atoms with Crippen LogP contribution in [0.5, 0.6) is 0 Å². The minimum atomic E-state index is -3.07. The van der Waals surface area contributed by atoms with E-state index in [0.717, 1.165) is 32.1 Å². The summed E-state index contributed by atoms with van der Waals surface area (Å²) in [5, 5.41) is 8.66. The highest BCUT2D eigenvalue weighted by Gasteiger charge is 2.37. The molecule has 0 saturated heterocycles. The van der Waals surface area contributed by atoms with Gasteiger partial charge in [-0.3, -0.25) is 0 Å². The van der Waals surface area contributed by atoms with E-state index >= 15 is 0 Å². The van der Waals surface area contributed by atoms with Gasteiger partial charge in [-0.1, -0.05) is 26.7 Å². The van der Waals surface area contributed by atoms with Gasteiger partial charge in [-0.2, -0.15) is 5.26 Å². The number of hydrogen-bond acceptors (Lipinski definition) is 3. The largest absolute Gasteiger partial charge is 0.229 e. The molecule has 1 rings (SSSR count). The van der Waals surface area contributed by atoms with Gasteiger partial charge in [0.25, 0.3) is 0 Å². The van der Waals surface area contributed by atoms with Crippen LogP contribution in [0.4, 0.5) is 0 Å². The molecule has 0 bridgehead atoms. The summed E-state index contributed by atoms with van der Waals surface area (Å²) in [6.07, 6.45) is 5.13. The van der Waals surface area contributed by atoms with E-state index in [1.54, 1.807) is 0 Å². The average Bonchev–Trinajstić information content (AvgIpc) is 2.29. The molecular weight excluding hydrogens is 234 g/mol. The fourth-order valence-corrected chi connectivity index (χ4v) is 4.81. The minimum absolute atomic E-state index is 0.260. The molecule has 0 aromatic heterocycles. The van der Waals surface area contributed by atoms with Gasteiger partial charge in [0.05, 0.1) is 23.0 Å². The summed E-state index contributed by atoms with van der Waals surface area (Å²) in [5.41, 5.74) is 0. The molecule has 98 valence electrons. The molecule has 0 N–H and O–H groups in total. The second-order valence-corrected chi connectivity index (χ2v) is 7.61. The molecule has 1 saturated carbocycles. The maximum Gasteiger partial charge on any atom is 0.154 e. The summed E-state index contributed by atoms with van der Waals surface area (Å²) in [6.45, 7) is 4.15.